The number of hydrogen-bond donors (Lipinski definition) is 0. The molecule has 180 valence electrons. The van der Waals surface area contributed by atoms with E-state index in [0.29, 0.717) is 31.9 Å². The van der Waals surface area contributed by atoms with E-state index in [1.54, 1.807) is 31.2 Å². The van der Waals surface area contributed by atoms with Crippen molar-refractivity contribution in [2.75, 3.05) is 13.7 Å². The molecule has 1 aliphatic heterocycles. The Bertz CT molecular complexity index is 1510. The van der Waals surface area contributed by atoms with Gasteiger partial charge in [-0.25, -0.2) is 9.79 Å². The van der Waals surface area contributed by atoms with Gasteiger partial charge in [-0.15, -0.1) is 11.3 Å². The molecule has 10 heteroatoms. The normalized spacial score (nSPS) is 15.3. The maximum Gasteiger partial charge on any atom is 0.338 e. The molecule has 3 aromatic rings. The lowest BCUT2D eigenvalue weighted by atomic mass is 10.0. The summed E-state index contributed by atoms with van der Waals surface area (Å²) in [4.78, 5) is 43.7. The minimum absolute atomic E-state index is 0.0579. The van der Waals surface area contributed by atoms with E-state index in [1.807, 2.05) is 17.5 Å². The Kier molecular flexibility index (Phi) is 7.13. The Morgan fingerprint density at radius 2 is 2.06 bits per heavy atom. The third-order valence-corrected chi connectivity index (χ3v) is 7.03. The number of nitrogens with zero attached hydrogens (tertiary/aromatic N) is 2. The van der Waals surface area contributed by atoms with Crippen LogP contribution in [-0.4, -0.2) is 30.2 Å². The van der Waals surface area contributed by atoms with Crippen LogP contribution in [0.2, 0.25) is 0 Å². The summed E-state index contributed by atoms with van der Waals surface area (Å²) in [5.74, 6) is -0.351. The molecule has 35 heavy (non-hydrogen) atoms. The van der Waals surface area contributed by atoms with Crippen LogP contribution < -0.4 is 24.4 Å². The molecule has 0 bridgehead atoms. The third-order valence-electron chi connectivity index (χ3n) is 5.13. The van der Waals surface area contributed by atoms with Gasteiger partial charge in [0.05, 0.1) is 22.9 Å². The summed E-state index contributed by atoms with van der Waals surface area (Å²) >= 11 is 2.67. The number of esters is 2. The Labute approximate surface area is 208 Å². The molecule has 0 radical (unpaired) electrons. The van der Waals surface area contributed by atoms with Gasteiger partial charge in [0.2, 0.25) is 0 Å². The second-order valence-corrected chi connectivity index (χ2v) is 9.48. The first-order valence-electron chi connectivity index (χ1n) is 10.5. The van der Waals surface area contributed by atoms with Crippen molar-refractivity contribution in [3.05, 3.63) is 89.8 Å². The lowest BCUT2D eigenvalue weighted by Crippen LogP contribution is -2.39. The summed E-state index contributed by atoms with van der Waals surface area (Å²) in [5.41, 5.74) is 1.21. The predicted molar refractivity (Wildman–Crippen MR) is 134 cm³/mol. The maximum absolute atomic E-state index is 13.6. The molecule has 0 saturated carbocycles. The first-order chi connectivity index (χ1) is 16.8. The molecule has 0 amide bonds. The molecule has 0 aliphatic carbocycles. The monoisotopic (exact) mass is 510 g/mol. The Morgan fingerprint density at radius 1 is 1.26 bits per heavy atom. The van der Waals surface area contributed by atoms with Crippen LogP contribution in [0, 0.1) is 0 Å². The molecule has 0 fully saturated rings. The number of ether oxygens (including phenoxy) is 3. The number of methoxy groups -OCH3 is 1. The van der Waals surface area contributed by atoms with Gasteiger partial charge in [-0.3, -0.25) is 14.2 Å². The van der Waals surface area contributed by atoms with Gasteiger partial charge < -0.3 is 14.2 Å². The number of aromatic nitrogens is 1. The van der Waals surface area contributed by atoms with E-state index < -0.39 is 18.0 Å². The number of allylic oxidation sites excluding steroid dienone is 1. The number of benzene rings is 1. The van der Waals surface area contributed by atoms with Gasteiger partial charge in [0.25, 0.3) is 5.56 Å². The van der Waals surface area contributed by atoms with E-state index in [0.717, 1.165) is 4.88 Å². The smallest absolute Gasteiger partial charge is 0.338 e. The van der Waals surface area contributed by atoms with E-state index in [1.165, 1.54) is 47.4 Å². The quantitative estimate of drug-likeness (QED) is 0.276. The van der Waals surface area contributed by atoms with Crippen molar-refractivity contribution < 1.29 is 23.8 Å². The average molecular weight is 511 g/mol. The van der Waals surface area contributed by atoms with Gasteiger partial charge in [0, 0.05) is 11.8 Å². The van der Waals surface area contributed by atoms with Gasteiger partial charge >= 0.3 is 11.9 Å². The molecule has 0 spiro atoms. The van der Waals surface area contributed by atoms with Crippen molar-refractivity contribution in [2.45, 2.75) is 19.9 Å². The number of hydrogen-bond acceptors (Lipinski definition) is 9. The number of thiazole rings is 1. The third kappa shape index (κ3) is 4.89. The predicted octanol–water partition coefficient (Wildman–Crippen LogP) is 2.96. The molecule has 1 atom stereocenters. The molecule has 0 N–H and O–H groups in total. The van der Waals surface area contributed by atoms with Crippen molar-refractivity contribution in [1.82, 2.24) is 4.57 Å². The van der Waals surface area contributed by atoms with Gasteiger partial charge in [-0.2, -0.15) is 0 Å². The Balaban J connectivity index is 1.85. The number of rotatable bonds is 7. The van der Waals surface area contributed by atoms with Crippen molar-refractivity contribution in [1.29, 1.82) is 0 Å². The van der Waals surface area contributed by atoms with E-state index in [4.69, 9.17) is 14.2 Å². The second kappa shape index (κ2) is 10.2. The zero-order valence-corrected chi connectivity index (χ0v) is 20.9. The van der Waals surface area contributed by atoms with Crippen molar-refractivity contribution in [2.24, 2.45) is 4.99 Å². The van der Waals surface area contributed by atoms with Crippen molar-refractivity contribution >= 4 is 40.7 Å². The fraction of sp³-hybridized carbons (Fsp3) is 0.200. The highest BCUT2D eigenvalue weighted by Gasteiger charge is 2.33. The van der Waals surface area contributed by atoms with E-state index in [-0.39, 0.29) is 17.9 Å². The van der Waals surface area contributed by atoms with Crippen LogP contribution in [-0.2, 0) is 14.3 Å². The van der Waals surface area contributed by atoms with Crippen LogP contribution in [0.3, 0.4) is 0 Å². The van der Waals surface area contributed by atoms with Crippen molar-refractivity contribution in [3.63, 3.8) is 0 Å². The minimum Gasteiger partial charge on any atom is -0.493 e. The lowest BCUT2D eigenvalue weighted by molar-refractivity contribution is -0.138. The average Bonchev–Trinajstić information content (AvgIpc) is 3.46. The minimum atomic E-state index is -0.647. The Morgan fingerprint density at radius 3 is 2.71 bits per heavy atom. The topological polar surface area (TPSA) is 96.2 Å². The fourth-order valence-corrected chi connectivity index (χ4v) is 5.55. The molecule has 8 nitrogen and oxygen atoms in total. The molecule has 0 saturated heterocycles. The van der Waals surface area contributed by atoms with Crippen LogP contribution in [0.1, 0.15) is 30.3 Å². The Hall–Kier alpha value is -3.76. The summed E-state index contributed by atoms with van der Waals surface area (Å²) in [6.45, 7) is 6.69. The summed E-state index contributed by atoms with van der Waals surface area (Å²) < 4.78 is 17.8. The zero-order chi connectivity index (χ0) is 25.1. The van der Waals surface area contributed by atoms with Crippen LogP contribution in [0.5, 0.6) is 11.5 Å². The SMILES string of the molecule is C=CCOC(=O)C1=C(C)N=c2s/c(=C\c3ccc(OC(C)=O)c(OC)c3)c(=O)n2C1c1cccs1. The van der Waals surface area contributed by atoms with Crippen LogP contribution in [0.15, 0.2) is 69.4 Å². The fourth-order valence-electron chi connectivity index (χ4n) is 3.68. The van der Waals surface area contributed by atoms with Crippen molar-refractivity contribution in [3.8, 4) is 11.5 Å². The summed E-state index contributed by atoms with van der Waals surface area (Å²) in [6, 6.07) is 8.11. The number of fused-ring (bicyclic) bond motifs is 1. The molecule has 1 aromatic carbocycles. The first kappa shape index (κ1) is 24.4. The molecular weight excluding hydrogens is 488 g/mol. The van der Waals surface area contributed by atoms with E-state index in [9.17, 15) is 14.4 Å². The summed E-state index contributed by atoms with van der Waals surface area (Å²) in [5, 5.41) is 1.89. The van der Waals surface area contributed by atoms with Crippen LogP contribution >= 0.6 is 22.7 Å². The molecule has 1 unspecified atom stereocenters. The lowest BCUT2D eigenvalue weighted by Gasteiger charge is -2.23. The van der Waals surface area contributed by atoms with Crippen LogP contribution in [0.4, 0.5) is 0 Å². The molecular formula is C25H22N2O6S2. The number of thiophene rings is 1. The molecule has 1 aliphatic rings. The molecule has 2 aromatic heterocycles. The number of carbonyl (C=O) groups is 2. The largest absolute Gasteiger partial charge is 0.493 e. The van der Waals surface area contributed by atoms with Gasteiger partial charge in [0.15, 0.2) is 16.3 Å². The standard InChI is InChI=1S/C25H22N2O6S2/c1-5-10-32-24(30)21-14(2)26-25-27(22(21)19-7-6-11-34-19)23(29)20(35-25)13-16-8-9-17(33-15(3)28)18(12-16)31-4/h5-9,11-13,22H,1,10H2,2-4H3/b20-13-. The van der Waals surface area contributed by atoms with Gasteiger partial charge in [-0.1, -0.05) is 36.1 Å². The summed E-state index contributed by atoms with van der Waals surface area (Å²) in [7, 11) is 1.47. The van der Waals surface area contributed by atoms with Gasteiger partial charge in [0.1, 0.15) is 12.6 Å². The van der Waals surface area contributed by atoms with Crippen LogP contribution in [0.25, 0.3) is 6.08 Å². The maximum atomic E-state index is 13.6. The highest BCUT2D eigenvalue weighted by atomic mass is 32.1. The molecule has 4 rings (SSSR count). The second-order valence-electron chi connectivity index (χ2n) is 7.49. The highest BCUT2D eigenvalue weighted by Crippen LogP contribution is 2.33. The van der Waals surface area contributed by atoms with E-state index in [2.05, 4.69) is 11.6 Å². The van der Waals surface area contributed by atoms with E-state index >= 15 is 0 Å². The first-order valence-corrected chi connectivity index (χ1v) is 12.2. The zero-order valence-electron chi connectivity index (χ0n) is 19.3. The highest BCUT2D eigenvalue weighted by molar-refractivity contribution is 7.10. The summed E-state index contributed by atoms with van der Waals surface area (Å²) in [6.07, 6.45) is 3.20. The van der Waals surface area contributed by atoms with Gasteiger partial charge in [-0.05, 0) is 42.1 Å². The number of carbonyl (C=O) groups excluding carboxylic acids is 2. The molecule has 3 heterocycles.